The first-order valence-corrected chi connectivity index (χ1v) is 8.41. The van der Waals surface area contributed by atoms with E-state index in [0.717, 1.165) is 17.4 Å². The van der Waals surface area contributed by atoms with Crippen molar-refractivity contribution in [2.24, 2.45) is 5.73 Å². The minimum Gasteiger partial charge on any atom is -0.367 e. The van der Waals surface area contributed by atoms with Crippen LogP contribution in [0, 0.1) is 0 Å². The number of hydrogen-bond donors (Lipinski definition) is 1. The Bertz CT molecular complexity index is 409. The highest BCUT2D eigenvalue weighted by molar-refractivity contribution is 9.10. The van der Waals surface area contributed by atoms with Gasteiger partial charge in [0.25, 0.3) is 0 Å². The fraction of sp³-hybridized carbons (Fsp3) is 0.571. The van der Waals surface area contributed by atoms with Gasteiger partial charge in [-0.05, 0) is 44.0 Å². The highest BCUT2D eigenvalue weighted by atomic mass is 79.9. The van der Waals surface area contributed by atoms with Gasteiger partial charge in [-0.3, -0.25) is 0 Å². The van der Waals surface area contributed by atoms with Crippen molar-refractivity contribution in [2.75, 3.05) is 23.0 Å². The molecule has 2 rings (SSSR count). The Kier molecular flexibility index (Phi) is 4.98. The van der Waals surface area contributed by atoms with E-state index in [0.29, 0.717) is 6.04 Å². The van der Waals surface area contributed by atoms with Crippen LogP contribution in [0.2, 0.25) is 0 Å². The summed E-state index contributed by atoms with van der Waals surface area (Å²) < 4.78 is 1.14. The van der Waals surface area contributed by atoms with Crippen LogP contribution in [0.15, 0.2) is 22.7 Å². The third-order valence-electron chi connectivity index (χ3n) is 3.26. The van der Waals surface area contributed by atoms with Gasteiger partial charge in [-0.2, -0.15) is 11.8 Å². The summed E-state index contributed by atoms with van der Waals surface area (Å²) in [5, 5.41) is 0. The molecule has 1 aromatic carbocycles. The molecule has 1 saturated heterocycles. The zero-order valence-electron chi connectivity index (χ0n) is 11.0. The van der Waals surface area contributed by atoms with Crippen LogP contribution in [0.4, 0.5) is 5.69 Å². The lowest BCUT2D eigenvalue weighted by atomic mass is 10.0. The fourth-order valence-electron chi connectivity index (χ4n) is 2.43. The maximum atomic E-state index is 5.97. The quantitative estimate of drug-likeness (QED) is 0.923. The summed E-state index contributed by atoms with van der Waals surface area (Å²) in [7, 11) is 0. The van der Waals surface area contributed by atoms with Gasteiger partial charge >= 0.3 is 0 Å². The summed E-state index contributed by atoms with van der Waals surface area (Å²) in [6.07, 6.45) is 0.936. The number of hydrogen-bond acceptors (Lipinski definition) is 3. The van der Waals surface area contributed by atoms with Crippen LogP contribution in [-0.4, -0.2) is 30.1 Å². The number of nitrogens with zero attached hydrogens (tertiary/aromatic N) is 1. The molecule has 18 heavy (non-hydrogen) atoms. The van der Waals surface area contributed by atoms with Crippen molar-refractivity contribution in [1.29, 1.82) is 0 Å². The van der Waals surface area contributed by atoms with E-state index in [1.165, 1.54) is 22.8 Å². The molecular formula is C14H21BrN2S. The molecule has 4 heteroatoms. The predicted octanol–water partition coefficient (Wildman–Crippen LogP) is 3.28. The van der Waals surface area contributed by atoms with E-state index < -0.39 is 0 Å². The molecule has 1 aromatic rings. The Balaban J connectivity index is 2.30. The van der Waals surface area contributed by atoms with Crippen LogP contribution in [-0.2, 0) is 6.42 Å². The first kappa shape index (κ1) is 14.2. The molecule has 0 spiro atoms. The van der Waals surface area contributed by atoms with E-state index in [1.807, 2.05) is 11.8 Å². The maximum Gasteiger partial charge on any atom is 0.0403 e. The molecule has 2 nitrogen and oxygen atoms in total. The van der Waals surface area contributed by atoms with Crippen LogP contribution in [0.3, 0.4) is 0 Å². The molecule has 1 aliphatic heterocycles. The van der Waals surface area contributed by atoms with Crippen LogP contribution < -0.4 is 10.6 Å². The third-order valence-corrected chi connectivity index (χ3v) is 4.94. The molecule has 0 radical (unpaired) electrons. The second-order valence-electron chi connectivity index (χ2n) is 5.07. The number of halogens is 1. The van der Waals surface area contributed by atoms with Crippen molar-refractivity contribution in [3.63, 3.8) is 0 Å². The summed E-state index contributed by atoms with van der Waals surface area (Å²) in [5.41, 5.74) is 8.69. The van der Waals surface area contributed by atoms with E-state index >= 15 is 0 Å². The Morgan fingerprint density at radius 3 is 3.00 bits per heavy atom. The van der Waals surface area contributed by atoms with Crippen molar-refractivity contribution in [2.45, 2.75) is 32.4 Å². The lowest BCUT2D eigenvalue weighted by molar-refractivity contribution is 0.684. The standard InChI is InChI=1S/C14H21BrN2S/c1-10(16)7-12-8-13(15)3-4-14(12)17-5-6-18-9-11(17)2/h3-4,8,10-11H,5-7,9,16H2,1-2H3. The largest absolute Gasteiger partial charge is 0.367 e. The number of thioether (sulfide) groups is 1. The van der Waals surface area contributed by atoms with E-state index in [4.69, 9.17) is 5.73 Å². The van der Waals surface area contributed by atoms with Gasteiger partial charge in [-0.1, -0.05) is 15.9 Å². The summed E-state index contributed by atoms with van der Waals surface area (Å²) in [4.78, 5) is 2.53. The molecule has 2 unspecified atom stereocenters. The first-order valence-electron chi connectivity index (χ1n) is 6.46. The summed E-state index contributed by atoms with van der Waals surface area (Å²) >= 11 is 5.61. The van der Waals surface area contributed by atoms with Gasteiger partial charge < -0.3 is 10.6 Å². The topological polar surface area (TPSA) is 29.3 Å². The van der Waals surface area contributed by atoms with Gasteiger partial charge in [-0.15, -0.1) is 0 Å². The zero-order valence-corrected chi connectivity index (χ0v) is 13.4. The second kappa shape index (κ2) is 6.31. The van der Waals surface area contributed by atoms with Crippen molar-refractivity contribution in [1.82, 2.24) is 0 Å². The van der Waals surface area contributed by atoms with E-state index in [2.05, 4.69) is 52.9 Å². The molecule has 2 atom stereocenters. The lowest BCUT2D eigenvalue weighted by Crippen LogP contribution is -2.41. The molecule has 1 aliphatic rings. The van der Waals surface area contributed by atoms with Crippen molar-refractivity contribution >= 4 is 33.4 Å². The zero-order chi connectivity index (χ0) is 13.1. The third kappa shape index (κ3) is 3.43. The fourth-order valence-corrected chi connectivity index (χ4v) is 3.85. The normalized spacial score (nSPS) is 22.0. The van der Waals surface area contributed by atoms with Crippen LogP contribution in [0.1, 0.15) is 19.4 Å². The van der Waals surface area contributed by atoms with Crippen molar-refractivity contribution in [3.05, 3.63) is 28.2 Å². The van der Waals surface area contributed by atoms with E-state index in [1.54, 1.807) is 0 Å². The Labute approximate surface area is 122 Å². The maximum absolute atomic E-state index is 5.97. The molecule has 0 bridgehead atoms. The molecule has 1 heterocycles. The van der Waals surface area contributed by atoms with Gasteiger partial charge in [0.15, 0.2) is 0 Å². The second-order valence-corrected chi connectivity index (χ2v) is 7.14. The molecule has 0 amide bonds. The van der Waals surface area contributed by atoms with Gasteiger partial charge in [0, 0.05) is 40.3 Å². The molecule has 100 valence electrons. The lowest BCUT2D eigenvalue weighted by Gasteiger charge is -2.36. The van der Waals surface area contributed by atoms with Gasteiger partial charge in [0.2, 0.25) is 0 Å². The number of rotatable bonds is 3. The summed E-state index contributed by atoms with van der Waals surface area (Å²) in [5.74, 6) is 2.44. The van der Waals surface area contributed by atoms with Crippen LogP contribution in [0.25, 0.3) is 0 Å². The average Bonchev–Trinajstić information content (AvgIpc) is 2.30. The highest BCUT2D eigenvalue weighted by Gasteiger charge is 2.21. The van der Waals surface area contributed by atoms with Crippen molar-refractivity contribution < 1.29 is 0 Å². The predicted molar refractivity (Wildman–Crippen MR) is 85.6 cm³/mol. The molecular weight excluding hydrogens is 308 g/mol. The van der Waals surface area contributed by atoms with E-state index in [9.17, 15) is 0 Å². The SMILES string of the molecule is CC(N)Cc1cc(Br)ccc1N1CCSCC1C. The van der Waals surface area contributed by atoms with Gasteiger partial charge in [0.05, 0.1) is 0 Å². The smallest absolute Gasteiger partial charge is 0.0403 e. The molecule has 2 N–H and O–H groups in total. The summed E-state index contributed by atoms with van der Waals surface area (Å²) in [6, 6.07) is 7.39. The monoisotopic (exact) mass is 328 g/mol. The minimum atomic E-state index is 0.201. The molecule has 0 aliphatic carbocycles. The van der Waals surface area contributed by atoms with Crippen LogP contribution in [0.5, 0.6) is 0 Å². The first-order chi connectivity index (χ1) is 8.58. The Hall–Kier alpha value is -0.190. The van der Waals surface area contributed by atoms with Gasteiger partial charge in [-0.25, -0.2) is 0 Å². The molecule has 1 fully saturated rings. The molecule has 0 saturated carbocycles. The Morgan fingerprint density at radius 2 is 2.33 bits per heavy atom. The van der Waals surface area contributed by atoms with Crippen LogP contribution >= 0.6 is 27.7 Å². The number of benzene rings is 1. The van der Waals surface area contributed by atoms with E-state index in [-0.39, 0.29) is 6.04 Å². The minimum absolute atomic E-state index is 0.201. The number of nitrogens with two attached hydrogens (primary N) is 1. The average molecular weight is 329 g/mol. The Morgan fingerprint density at radius 1 is 1.56 bits per heavy atom. The molecule has 0 aromatic heterocycles. The number of anilines is 1. The highest BCUT2D eigenvalue weighted by Crippen LogP contribution is 2.30. The summed E-state index contributed by atoms with van der Waals surface area (Å²) in [6.45, 7) is 5.52. The van der Waals surface area contributed by atoms with Crippen molar-refractivity contribution in [3.8, 4) is 0 Å². The van der Waals surface area contributed by atoms with Gasteiger partial charge in [0.1, 0.15) is 0 Å².